The molecule has 0 saturated carbocycles. The molecule has 1 saturated heterocycles. The zero-order valence-corrected chi connectivity index (χ0v) is 13.9. The number of hydrogen-bond acceptors (Lipinski definition) is 2. The number of carbonyl (C=O) groups is 1. The van der Waals surface area contributed by atoms with Crippen LogP contribution in [0.4, 0.5) is 14.9 Å². The normalized spacial score (nSPS) is 17.0. The van der Waals surface area contributed by atoms with Crippen molar-refractivity contribution in [3.8, 4) is 5.75 Å². The Morgan fingerprint density at radius 3 is 2.67 bits per heavy atom. The Hall–Kier alpha value is -2.56. The average molecular weight is 328 g/mol. The fraction of sp³-hybridized carbons (Fsp3) is 0.316. The minimum Gasteiger partial charge on any atom is -0.497 e. The Morgan fingerprint density at radius 1 is 1.25 bits per heavy atom. The number of nitrogens with zero attached hydrogens (tertiary/aromatic N) is 1. The lowest BCUT2D eigenvalue weighted by molar-refractivity contribution is 0.207. The molecule has 1 aliphatic rings. The number of rotatable bonds is 3. The number of likely N-dealkylation sites (tertiary alicyclic amines) is 1. The number of benzene rings is 2. The van der Waals surface area contributed by atoms with E-state index in [0.29, 0.717) is 17.8 Å². The molecular weight excluding hydrogens is 307 g/mol. The smallest absolute Gasteiger partial charge is 0.322 e. The van der Waals surface area contributed by atoms with Gasteiger partial charge in [-0.2, -0.15) is 0 Å². The lowest BCUT2D eigenvalue weighted by Gasteiger charge is -2.25. The van der Waals surface area contributed by atoms with Gasteiger partial charge in [0.15, 0.2) is 0 Å². The monoisotopic (exact) mass is 328 g/mol. The maximum Gasteiger partial charge on any atom is 0.322 e. The van der Waals surface area contributed by atoms with Crippen molar-refractivity contribution in [2.75, 3.05) is 19.0 Å². The first-order chi connectivity index (χ1) is 11.6. The summed E-state index contributed by atoms with van der Waals surface area (Å²) in [6, 6.07) is 12.3. The van der Waals surface area contributed by atoms with Gasteiger partial charge in [-0.25, -0.2) is 9.18 Å². The quantitative estimate of drug-likeness (QED) is 0.900. The summed E-state index contributed by atoms with van der Waals surface area (Å²) in [5.74, 6) is 0.476. The summed E-state index contributed by atoms with van der Waals surface area (Å²) in [7, 11) is 1.63. The van der Waals surface area contributed by atoms with Gasteiger partial charge in [-0.1, -0.05) is 18.2 Å². The van der Waals surface area contributed by atoms with Crippen molar-refractivity contribution in [2.24, 2.45) is 0 Å². The second-order valence-electron chi connectivity index (χ2n) is 6.02. The van der Waals surface area contributed by atoms with Crippen LogP contribution in [0.5, 0.6) is 5.75 Å². The molecule has 1 N–H and O–H groups in total. The summed E-state index contributed by atoms with van der Waals surface area (Å²) < 4.78 is 18.8. The number of methoxy groups -OCH3 is 1. The number of amides is 2. The fourth-order valence-corrected chi connectivity index (χ4v) is 3.05. The second kappa shape index (κ2) is 6.91. The topological polar surface area (TPSA) is 41.6 Å². The van der Waals surface area contributed by atoms with Crippen LogP contribution in [0.15, 0.2) is 42.5 Å². The van der Waals surface area contributed by atoms with Crippen molar-refractivity contribution in [1.29, 1.82) is 0 Å². The Kier molecular flexibility index (Phi) is 4.69. The van der Waals surface area contributed by atoms with E-state index in [4.69, 9.17) is 4.74 Å². The van der Waals surface area contributed by atoms with E-state index >= 15 is 0 Å². The summed E-state index contributed by atoms with van der Waals surface area (Å²) in [6.45, 7) is 2.39. The van der Waals surface area contributed by atoms with Crippen molar-refractivity contribution < 1.29 is 13.9 Å². The minimum absolute atomic E-state index is 0.0335. The Labute approximate surface area is 141 Å². The van der Waals surface area contributed by atoms with Gasteiger partial charge in [0.1, 0.15) is 11.6 Å². The van der Waals surface area contributed by atoms with Gasteiger partial charge in [-0.15, -0.1) is 0 Å². The number of aryl methyl sites for hydroxylation is 1. The number of nitrogens with one attached hydrogen (secondary N) is 1. The van der Waals surface area contributed by atoms with Gasteiger partial charge in [0, 0.05) is 12.2 Å². The zero-order valence-electron chi connectivity index (χ0n) is 13.9. The van der Waals surface area contributed by atoms with Crippen molar-refractivity contribution in [3.63, 3.8) is 0 Å². The second-order valence-corrected chi connectivity index (χ2v) is 6.02. The molecule has 0 aliphatic carbocycles. The van der Waals surface area contributed by atoms with Crippen LogP contribution in [0.3, 0.4) is 0 Å². The molecule has 2 aromatic rings. The van der Waals surface area contributed by atoms with Crippen LogP contribution in [0.2, 0.25) is 0 Å². The van der Waals surface area contributed by atoms with Crippen molar-refractivity contribution >= 4 is 11.7 Å². The molecule has 2 amide bonds. The highest BCUT2D eigenvalue weighted by Gasteiger charge is 2.30. The van der Waals surface area contributed by atoms with Gasteiger partial charge >= 0.3 is 6.03 Å². The summed E-state index contributed by atoms with van der Waals surface area (Å²) in [4.78, 5) is 14.4. The van der Waals surface area contributed by atoms with Crippen molar-refractivity contribution in [2.45, 2.75) is 25.8 Å². The van der Waals surface area contributed by atoms with Crippen LogP contribution < -0.4 is 10.1 Å². The van der Waals surface area contributed by atoms with Crippen LogP contribution in [0, 0.1) is 12.7 Å². The van der Waals surface area contributed by atoms with E-state index in [1.165, 1.54) is 6.07 Å². The highest BCUT2D eigenvalue weighted by atomic mass is 19.1. The largest absolute Gasteiger partial charge is 0.497 e. The third-order valence-corrected chi connectivity index (χ3v) is 4.44. The van der Waals surface area contributed by atoms with E-state index in [1.54, 1.807) is 31.1 Å². The summed E-state index contributed by atoms with van der Waals surface area (Å²) in [5.41, 5.74) is 2.12. The van der Waals surface area contributed by atoms with Gasteiger partial charge in [-0.05, 0) is 55.2 Å². The standard InChI is InChI=1S/C19H21FN2O2/c1-13-5-8-15(12-17(13)20)21-19(23)22-11-3-4-18(22)14-6-9-16(24-2)10-7-14/h5-10,12,18H,3-4,11H2,1-2H3,(H,21,23)/t18-/m0/s1. The molecule has 1 atom stereocenters. The van der Waals surface area contributed by atoms with Crippen LogP contribution in [-0.4, -0.2) is 24.6 Å². The van der Waals surface area contributed by atoms with E-state index < -0.39 is 0 Å². The third-order valence-electron chi connectivity index (χ3n) is 4.44. The molecule has 1 fully saturated rings. The molecule has 2 aromatic carbocycles. The van der Waals surface area contributed by atoms with Gasteiger partial charge in [0.05, 0.1) is 13.2 Å². The lowest BCUT2D eigenvalue weighted by Crippen LogP contribution is -2.34. The number of carbonyl (C=O) groups excluding carboxylic acids is 1. The van der Waals surface area contributed by atoms with Crippen LogP contribution in [-0.2, 0) is 0 Å². The molecule has 3 rings (SSSR count). The molecule has 24 heavy (non-hydrogen) atoms. The Balaban J connectivity index is 1.74. The molecule has 5 heteroatoms. The van der Waals surface area contributed by atoms with E-state index in [9.17, 15) is 9.18 Å². The first-order valence-electron chi connectivity index (χ1n) is 8.06. The Bertz CT molecular complexity index is 731. The van der Waals surface area contributed by atoms with Gasteiger partial charge in [0.2, 0.25) is 0 Å². The molecule has 0 spiro atoms. The zero-order chi connectivity index (χ0) is 17.1. The maximum atomic E-state index is 13.6. The third kappa shape index (κ3) is 3.35. The predicted octanol–water partition coefficient (Wildman–Crippen LogP) is 4.51. The minimum atomic E-state index is -0.319. The number of urea groups is 1. The van der Waals surface area contributed by atoms with Gasteiger partial charge in [0.25, 0.3) is 0 Å². The lowest BCUT2D eigenvalue weighted by atomic mass is 10.0. The van der Waals surface area contributed by atoms with Crippen molar-refractivity contribution in [1.82, 2.24) is 4.90 Å². The van der Waals surface area contributed by atoms with Gasteiger partial charge in [-0.3, -0.25) is 0 Å². The Morgan fingerprint density at radius 2 is 2.00 bits per heavy atom. The van der Waals surface area contributed by atoms with Crippen molar-refractivity contribution in [3.05, 3.63) is 59.4 Å². The first kappa shape index (κ1) is 16.3. The molecule has 0 bridgehead atoms. The fourth-order valence-electron chi connectivity index (χ4n) is 3.05. The summed E-state index contributed by atoms with van der Waals surface area (Å²) in [5, 5.41) is 2.80. The molecule has 0 unspecified atom stereocenters. The average Bonchev–Trinajstić information content (AvgIpc) is 3.08. The molecule has 1 heterocycles. The van der Waals surface area contributed by atoms with E-state index in [2.05, 4.69) is 5.32 Å². The predicted molar refractivity (Wildman–Crippen MR) is 91.8 cm³/mol. The maximum absolute atomic E-state index is 13.6. The molecule has 1 aliphatic heterocycles. The highest BCUT2D eigenvalue weighted by Crippen LogP contribution is 2.33. The number of ether oxygens (including phenoxy) is 1. The number of anilines is 1. The van der Waals surface area contributed by atoms with Crippen LogP contribution in [0.25, 0.3) is 0 Å². The van der Waals surface area contributed by atoms with E-state index in [-0.39, 0.29) is 17.9 Å². The van der Waals surface area contributed by atoms with E-state index in [1.807, 2.05) is 24.3 Å². The number of halogens is 1. The first-order valence-corrected chi connectivity index (χ1v) is 8.06. The molecule has 4 nitrogen and oxygen atoms in total. The van der Waals surface area contributed by atoms with E-state index in [0.717, 1.165) is 24.2 Å². The molecule has 0 radical (unpaired) electrons. The molecule has 0 aromatic heterocycles. The summed E-state index contributed by atoms with van der Waals surface area (Å²) in [6.07, 6.45) is 1.87. The van der Waals surface area contributed by atoms with Gasteiger partial charge < -0.3 is 15.0 Å². The SMILES string of the molecule is COc1ccc([C@@H]2CCCN2C(=O)Nc2ccc(C)c(F)c2)cc1. The molecule has 126 valence electrons. The number of hydrogen-bond donors (Lipinski definition) is 1. The highest BCUT2D eigenvalue weighted by molar-refractivity contribution is 5.89. The molecular formula is C19H21FN2O2. The van der Waals surface area contributed by atoms with Crippen LogP contribution in [0.1, 0.15) is 30.0 Å². The van der Waals surface area contributed by atoms with Crippen LogP contribution >= 0.6 is 0 Å². The summed E-state index contributed by atoms with van der Waals surface area (Å²) >= 11 is 0.